The van der Waals surface area contributed by atoms with E-state index in [4.69, 9.17) is 56.2 Å². The summed E-state index contributed by atoms with van der Waals surface area (Å²) in [5, 5.41) is 78.3. The van der Waals surface area contributed by atoms with E-state index in [1.165, 1.54) is 39.8 Å². The van der Waals surface area contributed by atoms with Gasteiger partial charge in [0.2, 0.25) is 0 Å². The average Bonchev–Trinajstić information content (AvgIpc) is 3.34. The van der Waals surface area contributed by atoms with Crippen LogP contribution in [0, 0.1) is 29.6 Å². The van der Waals surface area contributed by atoms with Crippen LogP contribution in [0.2, 0.25) is 0 Å². The van der Waals surface area contributed by atoms with Crippen LogP contribution < -0.4 is 0 Å². The zero-order chi connectivity index (χ0) is 54.3. The van der Waals surface area contributed by atoms with Crippen molar-refractivity contribution in [2.45, 2.75) is 184 Å². The fraction of sp³-hybridized carbons (Fsp3) is 0.661. The molecule has 11 nitrogen and oxygen atoms in total. The van der Waals surface area contributed by atoms with Crippen molar-refractivity contribution in [3.8, 4) is 0 Å². The van der Waals surface area contributed by atoms with E-state index in [2.05, 4.69) is 74.5 Å². The van der Waals surface area contributed by atoms with Crippen molar-refractivity contribution in [1.29, 1.82) is 0 Å². The van der Waals surface area contributed by atoms with E-state index >= 15 is 0 Å². The standard InChI is InChI=1S/2C19H29NO3.C19H27NO2.2CH4.Cl5P/c2*1-12(2)5-14-9-20-4-3-13-6-15(10-21)16(11-22)7-17(13)18(20)8-19(14)23;1-13(2)7-14-3-4-19-18-9-17(12-22)16(11-21)8-15(18)5-6-20(19)10-14;;;1-6(2,3,4)5/h2*6-7,12,14,18-19,21-23H,3-5,8-11H2,1-2H3;3,8-9,13,19,21-22H,4-7,10-12H2,1-2H3;2*1H4;/t2*14-,18-,19+;;;;/m10..../s1. The number of fused-ring (bicyclic) bond motifs is 9. The third-order valence-electron chi connectivity index (χ3n) is 16.0. The van der Waals surface area contributed by atoms with Gasteiger partial charge in [-0.15, -0.1) is 0 Å². The summed E-state index contributed by atoms with van der Waals surface area (Å²) in [6.07, 6.45) is 10.9. The average molecular weight is 1180 g/mol. The predicted octanol–water partition coefficient (Wildman–Crippen LogP) is 12.5. The molecule has 9 rings (SSSR count). The van der Waals surface area contributed by atoms with E-state index in [9.17, 15) is 40.9 Å². The van der Waals surface area contributed by atoms with Crippen LogP contribution >= 0.6 is 59.6 Å². The Morgan fingerprint density at radius 3 is 1.12 bits per heavy atom. The van der Waals surface area contributed by atoms with Gasteiger partial charge in [0.25, 0.3) is 0 Å². The van der Waals surface area contributed by atoms with Gasteiger partial charge in [-0.1, -0.05) is 104 Å². The second kappa shape index (κ2) is 29.7. The molecule has 6 aliphatic rings. The zero-order valence-electron chi connectivity index (χ0n) is 44.4. The second-order valence-corrected chi connectivity index (χ2v) is 39.5. The molecule has 0 radical (unpaired) electrons. The predicted molar refractivity (Wildman–Crippen MR) is 318 cm³/mol. The Morgan fingerprint density at radius 1 is 0.487 bits per heavy atom. The molecule has 2 saturated heterocycles. The molecule has 6 heterocycles. The van der Waals surface area contributed by atoms with Gasteiger partial charge < -0.3 is 40.9 Å². The van der Waals surface area contributed by atoms with Crippen LogP contribution in [0.3, 0.4) is 0 Å². The SMILES string of the molecule is C.C.CC(C)CC1=CCC2c3cc(CO)c(CO)cc3CCN2C1.CC(C)C[C@@H]1CN2CCc3cc(CO)c(CO)cc3[C@H]2C[C@@H]1O.CC(C)C[C@H]1CN2CCc3cc(CO)c(CO)cc3[C@@H]2C[C@H]1O.ClP(Cl)(Cl)(Cl)Cl. The summed E-state index contributed by atoms with van der Waals surface area (Å²) in [7, 11) is 0. The second-order valence-electron chi connectivity index (χ2n) is 22.9. The molecule has 7 atom stereocenters. The number of hydrogen-bond donors (Lipinski definition) is 8. The third kappa shape index (κ3) is 18.4. The van der Waals surface area contributed by atoms with Crippen molar-refractivity contribution < 1.29 is 40.9 Å². The number of benzene rings is 3. The third-order valence-corrected chi connectivity index (χ3v) is 16.0. The van der Waals surface area contributed by atoms with Gasteiger partial charge in [0.1, 0.15) is 0 Å². The van der Waals surface area contributed by atoms with E-state index in [1.807, 2.05) is 24.3 Å². The van der Waals surface area contributed by atoms with Gasteiger partial charge in [-0.3, -0.25) is 14.7 Å². The molecule has 2 fully saturated rings. The van der Waals surface area contributed by atoms with Gasteiger partial charge in [-0.2, -0.15) is 0 Å². The summed E-state index contributed by atoms with van der Waals surface area (Å²) in [4.78, 5) is 7.59. The minimum absolute atomic E-state index is 0. The number of hydrogen-bond acceptors (Lipinski definition) is 11. The molecule has 0 amide bonds. The van der Waals surface area contributed by atoms with Crippen molar-refractivity contribution in [3.05, 3.63) is 115 Å². The Balaban J connectivity index is 0.000000231. The zero-order valence-corrected chi connectivity index (χ0v) is 49.1. The molecule has 1 unspecified atom stereocenters. The fourth-order valence-corrected chi connectivity index (χ4v) is 12.7. The monoisotopic (exact) mass is 1180 g/mol. The molecule has 0 spiro atoms. The van der Waals surface area contributed by atoms with Crippen LogP contribution in [-0.2, 0) is 58.9 Å². The molecule has 0 aromatic heterocycles. The Kier molecular flexibility index (Phi) is 26.3. The molecule has 0 aliphatic carbocycles. The Bertz CT molecular complexity index is 2250. The number of rotatable bonds is 12. The first-order valence-corrected chi connectivity index (χ1v) is 33.6. The van der Waals surface area contributed by atoms with E-state index in [-0.39, 0.29) is 78.8 Å². The van der Waals surface area contributed by atoms with Crippen LogP contribution in [0.15, 0.2) is 48.0 Å². The van der Waals surface area contributed by atoms with Gasteiger partial charge in [0.15, 0.2) is 0 Å². The summed E-state index contributed by atoms with van der Waals surface area (Å²) in [6.45, 7) is 19.4. The van der Waals surface area contributed by atoms with Crippen LogP contribution in [0.25, 0.3) is 0 Å². The molecular weight excluding hydrogens is 1090 g/mol. The van der Waals surface area contributed by atoms with Gasteiger partial charge in [0.05, 0.1) is 51.8 Å². The number of piperidine rings is 2. The number of aliphatic hydroxyl groups is 8. The van der Waals surface area contributed by atoms with Crippen molar-refractivity contribution in [3.63, 3.8) is 0 Å². The quantitative estimate of drug-likeness (QED) is 0.0641. The summed E-state index contributed by atoms with van der Waals surface area (Å²) < 4.78 is -3.69. The molecule has 0 saturated carbocycles. The van der Waals surface area contributed by atoms with Gasteiger partial charge in [-0.25, -0.2) is 0 Å². The molecule has 6 aliphatic heterocycles. The first-order valence-electron chi connectivity index (χ1n) is 26.9. The summed E-state index contributed by atoms with van der Waals surface area (Å²) in [5.41, 5.74) is 14.3. The molecular formula is C59H93Cl5N3O8P. The van der Waals surface area contributed by atoms with E-state index in [0.717, 1.165) is 124 Å². The van der Waals surface area contributed by atoms with Gasteiger partial charge in [0, 0.05) is 57.4 Å². The van der Waals surface area contributed by atoms with Crippen molar-refractivity contribution >= 4 is 59.6 Å². The number of aliphatic hydroxyl groups excluding tert-OH is 8. The van der Waals surface area contributed by atoms with E-state index < -0.39 is 3.37 Å². The minimum atomic E-state index is -3.69. The molecule has 8 N–H and O–H groups in total. The van der Waals surface area contributed by atoms with E-state index in [1.54, 1.807) is 5.57 Å². The molecule has 3 aromatic carbocycles. The summed E-state index contributed by atoms with van der Waals surface area (Å²) >= 11 is 24.9. The maximum absolute atomic E-state index is 10.6. The Hall–Kier alpha value is -1.16. The Labute approximate surface area is 480 Å². The van der Waals surface area contributed by atoms with Crippen molar-refractivity contribution in [2.24, 2.45) is 29.6 Å². The number of nitrogens with zero attached hydrogens (tertiary/aromatic N) is 3. The first-order chi connectivity index (χ1) is 34.9. The van der Waals surface area contributed by atoms with Gasteiger partial charge in [-0.05, 0) is 154 Å². The van der Waals surface area contributed by atoms with Crippen LogP contribution in [0.4, 0.5) is 0 Å². The topological polar surface area (TPSA) is 172 Å². The van der Waals surface area contributed by atoms with Crippen LogP contribution in [0.1, 0.15) is 180 Å². The van der Waals surface area contributed by atoms with E-state index in [0.29, 0.717) is 35.6 Å². The normalized spacial score (nSPS) is 24.6. The van der Waals surface area contributed by atoms with Gasteiger partial charge >= 0.3 is 59.6 Å². The molecule has 3 aromatic rings. The number of halogens is 5. The molecule has 76 heavy (non-hydrogen) atoms. The van der Waals surface area contributed by atoms with Crippen molar-refractivity contribution in [2.75, 3.05) is 39.3 Å². The van der Waals surface area contributed by atoms with Crippen molar-refractivity contribution in [1.82, 2.24) is 14.7 Å². The summed E-state index contributed by atoms with van der Waals surface area (Å²) in [5.74, 6) is 2.66. The fourth-order valence-electron chi connectivity index (χ4n) is 12.7. The first kappa shape index (κ1) is 67.3. The molecule has 0 bridgehead atoms. The molecule has 17 heteroatoms. The van der Waals surface area contributed by atoms with Crippen LogP contribution in [0.5, 0.6) is 0 Å². The molecule has 432 valence electrons. The maximum atomic E-state index is 10.6. The summed E-state index contributed by atoms with van der Waals surface area (Å²) in [6, 6.07) is 13.4. The Morgan fingerprint density at radius 2 is 0.803 bits per heavy atom. The van der Waals surface area contributed by atoms with Crippen LogP contribution in [-0.4, -0.2) is 107 Å².